The van der Waals surface area contributed by atoms with Gasteiger partial charge in [0.25, 0.3) is 5.69 Å². The molecule has 1 atom stereocenters. The van der Waals surface area contributed by atoms with Crippen LogP contribution in [-0.4, -0.2) is 26.7 Å². The van der Waals surface area contributed by atoms with Crippen LogP contribution in [0.5, 0.6) is 0 Å². The number of benzene rings is 2. The van der Waals surface area contributed by atoms with Crippen LogP contribution in [0, 0.1) is 10.1 Å². The van der Waals surface area contributed by atoms with Crippen molar-refractivity contribution < 1.29 is 9.72 Å². The highest BCUT2D eigenvalue weighted by Gasteiger charge is 2.18. The van der Waals surface area contributed by atoms with E-state index in [0.29, 0.717) is 5.69 Å². The number of aromatic nitrogens is 2. The zero-order chi connectivity index (χ0) is 22.5. The summed E-state index contributed by atoms with van der Waals surface area (Å²) in [6.07, 6.45) is 2.77. The second kappa shape index (κ2) is 9.57. The summed E-state index contributed by atoms with van der Waals surface area (Å²) in [4.78, 5) is 23.4. The molecular formula is C24H22N4O3S. The molecule has 4 aromatic rings. The summed E-state index contributed by atoms with van der Waals surface area (Å²) in [5.74, 6) is -0.0940. The molecule has 0 aliphatic rings. The van der Waals surface area contributed by atoms with Crippen molar-refractivity contribution in [1.82, 2.24) is 15.1 Å². The number of non-ortho nitro benzene ring substituents is 1. The van der Waals surface area contributed by atoms with E-state index in [9.17, 15) is 14.9 Å². The molecule has 0 saturated carbocycles. The molecule has 0 aliphatic heterocycles. The highest BCUT2D eigenvalue weighted by molar-refractivity contribution is 7.07. The number of nitrogens with zero attached hydrogens (tertiary/aromatic N) is 3. The van der Waals surface area contributed by atoms with Crippen molar-refractivity contribution in [1.29, 1.82) is 0 Å². The van der Waals surface area contributed by atoms with Gasteiger partial charge in [0.1, 0.15) is 0 Å². The van der Waals surface area contributed by atoms with E-state index in [1.54, 1.807) is 28.2 Å². The number of rotatable bonds is 8. The predicted octanol–water partition coefficient (Wildman–Crippen LogP) is 4.80. The van der Waals surface area contributed by atoms with Crippen molar-refractivity contribution in [2.75, 3.05) is 0 Å². The van der Waals surface area contributed by atoms with Crippen molar-refractivity contribution in [3.8, 4) is 16.9 Å². The fraction of sp³-hybridized carbons (Fsp3) is 0.167. The summed E-state index contributed by atoms with van der Waals surface area (Å²) in [6, 6.07) is 17.9. The van der Waals surface area contributed by atoms with Gasteiger partial charge in [0.2, 0.25) is 5.91 Å². The Labute approximate surface area is 189 Å². The summed E-state index contributed by atoms with van der Waals surface area (Å²) in [7, 11) is 0. The molecule has 4 rings (SSSR count). The van der Waals surface area contributed by atoms with Crippen LogP contribution in [0.4, 0.5) is 5.69 Å². The van der Waals surface area contributed by atoms with Crippen molar-refractivity contribution in [2.24, 2.45) is 0 Å². The second-order valence-corrected chi connectivity index (χ2v) is 8.35. The Morgan fingerprint density at radius 3 is 2.56 bits per heavy atom. The van der Waals surface area contributed by atoms with Gasteiger partial charge in [0.05, 0.1) is 22.7 Å². The molecule has 32 heavy (non-hydrogen) atoms. The lowest BCUT2D eigenvalue weighted by molar-refractivity contribution is -0.384. The Bertz CT molecular complexity index is 1200. The van der Waals surface area contributed by atoms with Crippen molar-refractivity contribution in [3.05, 3.63) is 98.9 Å². The maximum absolute atomic E-state index is 12.8. The molecule has 0 bridgehead atoms. The summed E-state index contributed by atoms with van der Waals surface area (Å²) < 4.78 is 1.73. The Balaban J connectivity index is 1.58. The topological polar surface area (TPSA) is 90.1 Å². The van der Waals surface area contributed by atoms with Crippen LogP contribution in [0.1, 0.15) is 18.1 Å². The quantitative estimate of drug-likeness (QED) is 0.311. The number of amides is 1. The van der Waals surface area contributed by atoms with E-state index in [2.05, 4.69) is 21.9 Å². The third-order valence-corrected chi connectivity index (χ3v) is 5.77. The van der Waals surface area contributed by atoms with Crippen LogP contribution >= 0.6 is 11.3 Å². The van der Waals surface area contributed by atoms with Crippen molar-refractivity contribution >= 4 is 22.9 Å². The molecule has 1 unspecified atom stereocenters. The van der Waals surface area contributed by atoms with Gasteiger partial charge in [-0.05, 0) is 60.0 Å². The van der Waals surface area contributed by atoms with E-state index in [1.165, 1.54) is 17.7 Å². The van der Waals surface area contributed by atoms with Gasteiger partial charge in [0, 0.05) is 35.5 Å². The first-order chi connectivity index (χ1) is 15.5. The molecule has 0 spiro atoms. The number of hydrogen-bond donors (Lipinski definition) is 1. The van der Waals surface area contributed by atoms with Crippen LogP contribution < -0.4 is 5.32 Å². The third kappa shape index (κ3) is 5.09. The minimum Gasteiger partial charge on any atom is -0.353 e. The van der Waals surface area contributed by atoms with Crippen LogP contribution in [-0.2, 0) is 17.6 Å². The molecule has 2 heterocycles. The molecule has 7 nitrogen and oxygen atoms in total. The van der Waals surface area contributed by atoms with Crippen molar-refractivity contribution in [2.45, 2.75) is 25.8 Å². The lowest BCUT2D eigenvalue weighted by atomic mass is 10.0. The predicted molar refractivity (Wildman–Crippen MR) is 125 cm³/mol. The first-order valence-corrected chi connectivity index (χ1v) is 11.1. The second-order valence-electron chi connectivity index (χ2n) is 7.57. The van der Waals surface area contributed by atoms with Crippen LogP contribution in [0.2, 0.25) is 0 Å². The number of nitro groups is 1. The van der Waals surface area contributed by atoms with Gasteiger partial charge in [-0.2, -0.15) is 16.4 Å². The SMILES string of the molecule is CC(Cc1ccsc1)NC(=O)Cc1cn(-c2ccccc2)nc1-c1ccc([N+](=O)[O-])cc1. The Morgan fingerprint density at radius 2 is 1.91 bits per heavy atom. The van der Waals surface area contributed by atoms with Gasteiger partial charge in [-0.3, -0.25) is 14.9 Å². The summed E-state index contributed by atoms with van der Waals surface area (Å²) in [5, 5.41) is 22.9. The molecule has 0 aliphatic carbocycles. The first-order valence-electron chi connectivity index (χ1n) is 10.2. The minimum atomic E-state index is -0.435. The molecule has 8 heteroatoms. The van der Waals surface area contributed by atoms with Crippen molar-refractivity contribution in [3.63, 3.8) is 0 Å². The number of thiophene rings is 1. The van der Waals surface area contributed by atoms with E-state index >= 15 is 0 Å². The molecule has 2 aromatic heterocycles. The normalized spacial score (nSPS) is 11.8. The molecule has 1 N–H and O–H groups in total. The fourth-order valence-corrected chi connectivity index (χ4v) is 4.23. The van der Waals surface area contributed by atoms with Crippen LogP contribution in [0.25, 0.3) is 16.9 Å². The van der Waals surface area contributed by atoms with Crippen LogP contribution in [0.3, 0.4) is 0 Å². The Hall–Kier alpha value is -3.78. The number of para-hydroxylation sites is 1. The third-order valence-electron chi connectivity index (χ3n) is 5.04. The standard InChI is InChI=1S/C24H22N4O3S/c1-17(13-18-11-12-32-16-18)25-23(29)14-20-15-27(21-5-3-2-4-6-21)26-24(20)19-7-9-22(10-8-19)28(30)31/h2-12,15-17H,13-14H2,1H3,(H,25,29). The minimum absolute atomic E-state index is 0.00379. The van der Waals surface area contributed by atoms with Gasteiger partial charge in [-0.1, -0.05) is 18.2 Å². The Morgan fingerprint density at radius 1 is 1.16 bits per heavy atom. The fourth-order valence-electron chi connectivity index (χ4n) is 3.55. The number of nitro benzene ring substituents is 1. The first kappa shape index (κ1) is 21.5. The molecule has 2 aromatic carbocycles. The molecular weight excluding hydrogens is 424 g/mol. The molecule has 1 amide bonds. The van der Waals surface area contributed by atoms with E-state index in [0.717, 1.165) is 23.2 Å². The maximum Gasteiger partial charge on any atom is 0.269 e. The average molecular weight is 447 g/mol. The maximum atomic E-state index is 12.8. The zero-order valence-corrected chi connectivity index (χ0v) is 18.3. The van der Waals surface area contributed by atoms with Gasteiger partial charge in [-0.15, -0.1) is 0 Å². The summed E-state index contributed by atoms with van der Waals surface area (Å²) >= 11 is 1.64. The van der Waals surface area contributed by atoms with E-state index in [1.807, 2.05) is 48.8 Å². The van der Waals surface area contributed by atoms with E-state index in [4.69, 9.17) is 0 Å². The monoisotopic (exact) mass is 446 g/mol. The highest BCUT2D eigenvalue weighted by Crippen LogP contribution is 2.26. The van der Waals surface area contributed by atoms with Gasteiger partial charge in [-0.25, -0.2) is 4.68 Å². The molecule has 162 valence electrons. The average Bonchev–Trinajstić information content (AvgIpc) is 3.44. The molecule has 0 radical (unpaired) electrons. The van der Waals surface area contributed by atoms with E-state index < -0.39 is 4.92 Å². The molecule has 0 fully saturated rings. The molecule has 0 saturated heterocycles. The Kier molecular flexibility index (Phi) is 6.42. The number of nitrogens with one attached hydrogen (secondary N) is 1. The number of carbonyl (C=O) groups excluding carboxylic acids is 1. The smallest absolute Gasteiger partial charge is 0.269 e. The van der Waals surface area contributed by atoms with Gasteiger partial charge in [0.15, 0.2) is 0 Å². The largest absolute Gasteiger partial charge is 0.353 e. The summed E-state index contributed by atoms with van der Waals surface area (Å²) in [5.41, 5.74) is 4.18. The van der Waals surface area contributed by atoms with Gasteiger partial charge < -0.3 is 5.32 Å². The van der Waals surface area contributed by atoms with E-state index in [-0.39, 0.29) is 24.1 Å². The number of hydrogen-bond acceptors (Lipinski definition) is 5. The highest BCUT2D eigenvalue weighted by atomic mass is 32.1. The summed E-state index contributed by atoms with van der Waals surface area (Å²) in [6.45, 7) is 1.99. The lowest BCUT2D eigenvalue weighted by Gasteiger charge is -2.13. The van der Waals surface area contributed by atoms with Crippen LogP contribution in [0.15, 0.2) is 77.6 Å². The lowest BCUT2D eigenvalue weighted by Crippen LogP contribution is -2.35. The number of carbonyl (C=O) groups is 1. The van der Waals surface area contributed by atoms with Gasteiger partial charge >= 0.3 is 0 Å². The zero-order valence-electron chi connectivity index (χ0n) is 17.5.